The summed E-state index contributed by atoms with van der Waals surface area (Å²) in [4.78, 5) is 78.4. The van der Waals surface area contributed by atoms with Gasteiger partial charge < -0.3 is 97.0 Å². The highest BCUT2D eigenvalue weighted by atomic mass is 35.5. The van der Waals surface area contributed by atoms with E-state index in [-0.39, 0.29) is 154 Å². The van der Waals surface area contributed by atoms with Crippen LogP contribution < -0.4 is 0 Å². The second-order valence-electron chi connectivity index (χ2n) is 27.9. The number of ether oxygens (including phenoxy) is 14. The van der Waals surface area contributed by atoms with Gasteiger partial charge in [0.15, 0.2) is 51.0 Å². The van der Waals surface area contributed by atoms with Gasteiger partial charge in [-0.3, -0.25) is 28.8 Å². The third-order valence-corrected chi connectivity index (χ3v) is 21.3. The van der Waals surface area contributed by atoms with Gasteiger partial charge in [-0.05, 0) is 144 Å². The number of carbonyl (C=O) groups is 7. The fraction of sp³-hybridized carbons (Fsp3) is 0.909. The summed E-state index contributed by atoms with van der Waals surface area (Å²) in [5, 5.41) is 65.4. The van der Waals surface area contributed by atoms with Gasteiger partial charge in [0.25, 0.3) is 0 Å². The first-order valence-electron chi connectivity index (χ1n) is 35.1. The number of halogens is 6. The second kappa shape index (κ2) is 60.1. The van der Waals surface area contributed by atoms with E-state index in [0.29, 0.717) is 19.6 Å². The van der Waals surface area contributed by atoms with Gasteiger partial charge in [0.1, 0.15) is 64.6 Å². The van der Waals surface area contributed by atoms with E-state index in [4.69, 9.17) is 149 Å². The molecule has 0 aromatic rings. The molecule has 8 aliphatic rings. The van der Waals surface area contributed by atoms with Crippen LogP contribution in [0.25, 0.3) is 31.3 Å². The Morgan fingerprint density at radius 1 is 0.546 bits per heavy atom. The minimum Gasteiger partial charge on any atom is -0.465 e. The van der Waals surface area contributed by atoms with Crippen LogP contribution in [0.5, 0.6) is 0 Å². The smallest absolute Gasteiger partial charge is 0.334 e. The number of azide groups is 3. The van der Waals surface area contributed by atoms with E-state index in [2.05, 4.69) is 44.3 Å². The Hall–Kier alpha value is -4.56. The molecule has 8 aliphatic heterocycles. The van der Waals surface area contributed by atoms with E-state index in [9.17, 15) is 54.0 Å². The van der Waals surface area contributed by atoms with Crippen LogP contribution in [-0.2, 0) is 99.9 Å². The molecule has 8 heterocycles. The Labute approximate surface area is 739 Å². The van der Waals surface area contributed by atoms with Gasteiger partial charge in [-0.15, -0.1) is 58.0 Å². The Kier molecular flexibility index (Phi) is 69.5. The number of nitrogens with zero attached hydrogens (tertiary/aromatic N) is 9. The maximum atomic E-state index is 11.6. The van der Waals surface area contributed by atoms with Crippen molar-refractivity contribution < 1.29 is 131 Å². The van der Waals surface area contributed by atoms with Gasteiger partial charge in [-0.25, -0.2) is 4.79 Å². The summed E-state index contributed by atoms with van der Waals surface area (Å²) in [6.07, 6.45) is -5.04. The van der Waals surface area contributed by atoms with Gasteiger partial charge in [0, 0.05) is 40.6 Å². The zero-order valence-corrected chi connectivity index (χ0v) is 70.5. The summed E-state index contributed by atoms with van der Waals surface area (Å²) in [7, 11) is 1.61. The number of alkyl halides is 6. The molecule has 0 aromatic carbocycles. The highest BCUT2D eigenvalue weighted by Crippen LogP contribution is 2.44. The topological polar surface area (TPSA) is 516 Å². The SMILES string of the molecule is C.C.C.C.C.C.C.C.C.C.CCOC(=O)C(C)(Cl)[C@H](O)[C@H]1COC(C)(C)O1.CCOC(=O)C(C)Cl.CC[C@H]1OC(=O)[C@@](C)(Cl)[C@@H]1C.CC[C@H]1OC(=O)[C@](Cl)(N=[N+]=[N-])[C@@H]1C.CC[C@H]1OC(O)[C@](C)(N=[N+]=[N-])[C@@H]1C.CC[C@H]1OC(OC(C)=O)[C@](C)(N=[N+]=[N-])[C@@H]1C.CO[C@H]1COC(C)(C)O1.C[C@@]1(Cl)C(=O)O[C@H](CO)[C@H]1O.C[C@]1(Cl)C(=O)O[C@H](CO)[C@H]1O. The van der Waals surface area contributed by atoms with E-state index in [1.54, 1.807) is 69.4 Å². The Morgan fingerprint density at radius 2 is 0.908 bits per heavy atom. The summed E-state index contributed by atoms with van der Waals surface area (Å²) >= 11 is 34.4. The number of hydrogen-bond acceptors (Lipinski definition) is 30. The van der Waals surface area contributed by atoms with Crippen LogP contribution in [0.2, 0.25) is 0 Å². The van der Waals surface area contributed by atoms with Crippen molar-refractivity contribution in [3.05, 3.63) is 31.3 Å². The average Bonchev–Trinajstić information content (AvgIpc) is 1.64. The van der Waals surface area contributed by atoms with Gasteiger partial charge >= 0.3 is 41.8 Å². The molecule has 8 rings (SSSR count). The molecule has 25 atom stereocenters. The monoisotopic (exact) mass is 1850 g/mol. The zero-order chi connectivity index (χ0) is 85.1. The van der Waals surface area contributed by atoms with Crippen LogP contribution in [0, 0.1) is 23.7 Å². The molecule has 0 aliphatic carbocycles. The first kappa shape index (κ1) is 138. The minimum atomic E-state index is -1.55. The average molecular weight is 1850 g/mol. The van der Waals surface area contributed by atoms with E-state index < -0.39 is 145 Å². The number of rotatable bonds is 17. The third kappa shape index (κ3) is 37.6. The zero-order valence-electron chi connectivity index (χ0n) is 66.0. The van der Waals surface area contributed by atoms with Crippen LogP contribution in [0.15, 0.2) is 15.3 Å². The largest absolute Gasteiger partial charge is 0.465 e. The highest BCUT2D eigenvalue weighted by molar-refractivity contribution is 6.36. The van der Waals surface area contributed by atoms with Crippen LogP contribution in [0.1, 0.15) is 252 Å². The van der Waals surface area contributed by atoms with E-state index in [0.717, 1.165) is 19.3 Å². The molecule has 0 radical (unpaired) electrons. The van der Waals surface area contributed by atoms with Gasteiger partial charge in [-0.1, -0.05) is 157 Å². The lowest BCUT2D eigenvalue weighted by atomic mass is 9.85. The lowest BCUT2D eigenvalue weighted by molar-refractivity contribution is -0.182. The molecule has 42 heteroatoms. The highest BCUT2D eigenvalue weighted by Gasteiger charge is 2.57. The number of methoxy groups -OCH3 is 1. The molecule has 0 aromatic heterocycles. The standard InChI is InChI=1S/C11H19ClO5.C10H17N3O3.C8H13ClO2.C8H15N3O2.C7H10ClN3O2.2C6H9ClO4.C6H12O3.C5H9ClO2.10CH4/c1-5-15-9(14)11(4,12)8(13)7-6-16-10(2,3)17-7;1-5-8-6(2)10(4,12-13-11)9(16-8)15-7(3)14;1-4-6-5(2)8(3,9)7(10)11-6;1-4-6-5(2)8(3,10-11-9)7(12)13-6;1-3-5-4(2)7(8,10-11-9)6(12)13-5;2*1-6(7)4(9)3(2-8)11-5(6)10;1-6(2)8-4-5(7-3)9-6;1-3-8-5(7)4(2)6;;;;;;;;;;/h7-8,13H,5-6H2,1-4H3;6,8-9H,5H2,1-4H3;5-6H,4H2,1-3H3;5-7,12H,4H2,1-3H3;4-5H,3H2,1-2H3;2*3-4,8-9H,2H2,1H3;5H,4H2,1-3H3;4H,3H2,1-2H3;10*1H4/t7-,8-,11?;6-,8-,9?,10-;5-,6-,8+;5-,6-,7?,8-;4-,5-,7-;3-,4-,6+;3-,4-,6-;5-;;;;;;;;;;;/m11111111.........../s1. The molecule has 8 fully saturated rings. The Balaban J connectivity index is -0.000000122. The molecule has 8 saturated heterocycles. The number of hydrogen-bond donors (Lipinski definition) is 6. The predicted octanol–water partition coefficient (Wildman–Crippen LogP) is 16.2. The van der Waals surface area contributed by atoms with Crippen molar-refractivity contribution in [2.45, 2.75) is 385 Å². The number of aliphatic hydroxyl groups excluding tert-OH is 6. The van der Waals surface area contributed by atoms with Crippen molar-refractivity contribution in [3.8, 4) is 0 Å². The molecule has 0 saturated carbocycles. The summed E-state index contributed by atoms with van der Waals surface area (Å²) in [5.41, 5.74) is 23.6. The number of aliphatic hydroxyl groups is 6. The molecule has 0 bridgehead atoms. The molecular weight excluding hydrogens is 1700 g/mol. The summed E-state index contributed by atoms with van der Waals surface area (Å²) in [6, 6.07) is 0. The molecule has 4 unspecified atom stereocenters. The van der Waals surface area contributed by atoms with E-state index in [1.165, 1.54) is 27.7 Å². The maximum Gasteiger partial charge on any atom is 0.334 e. The first-order valence-corrected chi connectivity index (χ1v) is 37.5. The maximum absolute atomic E-state index is 11.6. The fourth-order valence-corrected chi connectivity index (χ4v) is 11.9. The minimum absolute atomic E-state index is 0. The van der Waals surface area contributed by atoms with Gasteiger partial charge in [-0.2, -0.15) is 0 Å². The normalized spacial score (nSPS) is 33.8. The van der Waals surface area contributed by atoms with Crippen molar-refractivity contribution in [1.29, 1.82) is 0 Å². The molecule has 0 amide bonds. The van der Waals surface area contributed by atoms with Crippen molar-refractivity contribution in [3.63, 3.8) is 0 Å². The number of esters is 7. The second-order valence-corrected chi connectivity index (χ2v) is 32.2. The fourth-order valence-electron chi connectivity index (χ4n) is 10.9. The summed E-state index contributed by atoms with van der Waals surface area (Å²) < 4.78 is 70.6. The van der Waals surface area contributed by atoms with Crippen LogP contribution in [-0.4, -0.2) is 252 Å². The number of cyclic esters (lactones) is 4. The van der Waals surface area contributed by atoms with Crippen molar-refractivity contribution in [2.24, 2.45) is 39.0 Å². The predicted molar refractivity (Wildman–Crippen MR) is 463 cm³/mol. The van der Waals surface area contributed by atoms with Crippen molar-refractivity contribution in [1.82, 2.24) is 0 Å². The number of carbonyl (C=O) groups excluding carboxylic acids is 7. The quantitative estimate of drug-likeness (QED) is 0.0150. The summed E-state index contributed by atoms with van der Waals surface area (Å²) in [5.74, 6) is -5.11. The van der Waals surface area contributed by atoms with Gasteiger partial charge in [0.2, 0.25) is 11.3 Å². The molecule has 119 heavy (non-hydrogen) atoms. The van der Waals surface area contributed by atoms with Crippen LogP contribution in [0.3, 0.4) is 0 Å². The Bertz CT molecular complexity index is 3010. The lowest BCUT2D eigenvalue weighted by Crippen LogP contribution is -2.50. The van der Waals surface area contributed by atoms with Crippen LogP contribution in [0.4, 0.5) is 0 Å². The first-order chi connectivity index (χ1) is 50.1. The molecule has 36 nitrogen and oxygen atoms in total. The Morgan fingerprint density at radius 3 is 1.17 bits per heavy atom. The van der Waals surface area contributed by atoms with Crippen molar-refractivity contribution in [2.75, 3.05) is 46.8 Å². The van der Waals surface area contributed by atoms with Crippen molar-refractivity contribution >= 4 is 111 Å². The van der Waals surface area contributed by atoms with Crippen LogP contribution >= 0.6 is 69.6 Å². The molecule has 710 valence electrons. The summed E-state index contributed by atoms with van der Waals surface area (Å²) in [6.45, 7) is 38.7. The van der Waals surface area contributed by atoms with Gasteiger partial charge in [0.05, 0.1) is 45.2 Å². The molecule has 6 N–H and O–H groups in total. The molecular formula is C77H153Cl6N9O27. The third-order valence-electron chi connectivity index (χ3n) is 18.9. The van der Waals surface area contributed by atoms with E-state index >= 15 is 0 Å². The lowest BCUT2D eigenvalue weighted by Gasteiger charge is -2.29. The van der Waals surface area contributed by atoms with E-state index in [1.807, 2.05) is 62.3 Å². The molecule has 0 spiro atoms.